The molecule has 1 amide bonds. The Balaban J connectivity index is 1.18. The standard InChI is InChI=1S/C25H23N3O6/c1-16-10-24(30)34-22-11-17(6-7-19(16)22)32-14-23(29)28-8-9-31-18(12-28)13-33-25-20-4-2-3-5-21(20)26-15-27-25/h2-7,10-11,15,18H,8-9,12-14H2,1H3. The summed E-state index contributed by atoms with van der Waals surface area (Å²) in [5.41, 5.74) is 1.63. The van der Waals surface area contributed by atoms with E-state index in [0.29, 0.717) is 36.9 Å². The molecule has 174 valence electrons. The fourth-order valence-electron chi connectivity index (χ4n) is 3.95. The maximum atomic E-state index is 12.7. The van der Waals surface area contributed by atoms with E-state index < -0.39 is 5.63 Å². The number of aryl methyl sites for hydroxylation is 1. The van der Waals surface area contributed by atoms with Gasteiger partial charge in [-0.3, -0.25) is 4.79 Å². The second-order valence-corrected chi connectivity index (χ2v) is 8.03. The van der Waals surface area contributed by atoms with Crippen LogP contribution >= 0.6 is 0 Å². The Bertz CT molecular complexity index is 1400. The molecule has 4 aromatic rings. The van der Waals surface area contributed by atoms with Gasteiger partial charge in [0.05, 0.1) is 24.1 Å². The van der Waals surface area contributed by atoms with Crippen molar-refractivity contribution in [1.82, 2.24) is 14.9 Å². The molecule has 0 spiro atoms. The third-order valence-corrected chi connectivity index (χ3v) is 5.69. The van der Waals surface area contributed by atoms with Gasteiger partial charge in [-0.2, -0.15) is 0 Å². The quantitative estimate of drug-likeness (QED) is 0.404. The van der Waals surface area contributed by atoms with Crippen LogP contribution in [0, 0.1) is 6.92 Å². The third-order valence-electron chi connectivity index (χ3n) is 5.69. The molecule has 0 aliphatic carbocycles. The van der Waals surface area contributed by atoms with Crippen molar-refractivity contribution in [3.63, 3.8) is 0 Å². The van der Waals surface area contributed by atoms with Gasteiger partial charge in [-0.25, -0.2) is 14.8 Å². The molecule has 1 unspecified atom stereocenters. The molecule has 1 aliphatic heterocycles. The SMILES string of the molecule is Cc1cc(=O)oc2cc(OCC(=O)N3CCOC(COc4ncnc5ccccc45)C3)ccc12. The lowest BCUT2D eigenvalue weighted by Crippen LogP contribution is -2.49. The first kappa shape index (κ1) is 21.8. The number of amides is 1. The summed E-state index contributed by atoms with van der Waals surface area (Å²) < 4.78 is 22.6. The molecule has 3 heterocycles. The number of carbonyl (C=O) groups excluding carboxylic acids is 1. The Hall–Kier alpha value is -3.98. The van der Waals surface area contributed by atoms with Crippen molar-refractivity contribution in [2.45, 2.75) is 13.0 Å². The van der Waals surface area contributed by atoms with Crippen molar-refractivity contribution in [3.05, 3.63) is 70.8 Å². The highest BCUT2D eigenvalue weighted by Gasteiger charge is 2.25. The summed E-state index contributed by atoms with van der Waals surface area (Å²) in [6, 6.07) is 14.2. The number of carbonyl (C=O) groups is 1. The van der Waals surface area contributed by atoms with Gasteiger partial charge < -0.3 is 23.5 Å². The molecule has 9 nitrogen and oxygen atoms in total. The molecule has 1 saturated heterocycles. The van der Waals surface area contributed by atoms with Crippen LogP contribution in [0.1, 0.15) is 5.56 Å². The van der Waals surface area contributed by atoms with E-state index in [0.717, 1.165) is 21.9 Å². The van der Waals surface area contributed by atoms with Crippen LogP contribution in [0.4, 0.5) is 0 Å². The fourth-order valence-corrected chi connectivity index (χ4v) is 3.95. The van der Waals surface area contributed by atoms with Gasteiger partial charge in [-0.15, -0.1) is 0 Å². The molecule has 0 radical (unpaired) electrons. The van der Waals surface area contributed by atoms with Gasteiger partial charge in [0.25, 0.3) is 5.91 Å². The zero-order chi connectivity index (χ0) is 23.5. The Kier molecular flexibility index (Phi) is 6.09. The second kappa shape index (κ2) is 9.48. The molecule has 34 heavy (non-hydrogen) atoms. The molecule has 5 rings (SSSR count). The maximum absolute atomic E-state index is 12.7. The predicted molar refractivity (Wildman–Crippen MR) is 124 cm³/mol. The van der Waals surface area contributed by atoms with Crippen molar-refractivity contribution in [3.8, 4) is 11.6 Å². The number of morpholine rings is 1. The molecule has 0 N–H and O–H groups in total. The van der Waals surface area contributed by atoms with Crippen molar-refractivity contribution < 1.29 is 23.4 Å². The van der Waals surface area contributed by atoms with Crippen molar-refractivity contribution in [2.75, 3.05) is 32.9 Å². The number of fused-ring (bicyclic) bond motifs is 2. The molecule has 1 fully saturated rings. The normalized spacial score (nSPS) is 16.0. The Morgan fingerprint density at radius 2 is 2.00 bits per heavy atom. The number of aromatic nitrogens is 2. The summed E-state index contributed by atoms with van der Waals surface area (Å²) in [6.07, 6.45) is 1.18. The number of hydrogen-bond acceptors (Lipinski definition) is 8. The molecular weight excluding hydrogens is 438 g/mol. The van der Waals surface area contributed by atoms with Crippen molar-refractivity contribution in [2.24, 2.45) is 0 Å². The molecule has 0 bridgehead atoms. The molecule has 1 atom stereocenters. The Morgan fingerprint density at radius 1 is 1.12 bits per heavy atom. The maximum Gasteiger partial charge on any atom is 0.336 e. The third kappa shape index (κ3) is 4.69. The van der Waals surface area contributed by atoms with Gasteiger partial charge in [0.2, 0.25) is 5.88 Å². The Morgan fingerprint density at radius 3 is 2.91 bits per heavy atom. The van der Waals surface area contributed by atoms with E-state index in [1.54, 1.807) is 17.0 Å². The zero-order valence-corrected chi connectivity index (χ0v) is 18.6. The van der Waals surface area contributed by atoms with Gasteiger partial charge in [-0.05, 0) is 36.8 Å². The Labute approximate surface area is 194 Å². The molecule has 2 aromatic carbocycles. The lowest BCUT2D eigenvalue weighted by Gasteiger charge is -2.32. The first-order valence-electron chi connectivity index (χ1n) is 11.0. The van der Waals surface area contributed by atoms with Crippen LogP contribution in [0.2, 0.25) is 0 Å². The van der Waals surface area contributed by atoms with E-state index in [9.17, 15) is 9.59 Å². The summed E-state index contributed by atoms with van der Waals surface area (Å²) in [6.45, 7) is 3.23. The first-order valence-corrected chi connectivity index (χ1v) is 11.0. The van der Waals surface area contributed by atoms with Gasteiger partial charge >= 0.3 is 5.63 Å². The fraction of sp³-hybridized carbons (Fsp3) is 0.280. The lowest BCUT2D eigenvalue weighted by molar-refractivity contribution is -0.142. The topological polar surface area (TPSA) is 104 Å². The summed E-state index contributed by atoms with van der Waals surface area (Å²) >= 11 is 0. The summed E-state index contributed by atoms with van der Waals surface area (Å²) in [4.78, 5) is 34.5. The minimum absolute atomic E-state index is 0.133. The monoisotopic (exact) mass is 461 g/mol. The highest BCUT2D eigenvalue weighted by molar-refractivity contribution is 5.83. The molecular formula is C25H23N3O6. The lowest BCUT2D eigenvalue weighted by atomic mass is 10.1. The number of ether oxygens (including phenoxy) is 3. The molecule has 0 saturated carbocycles. The van der Waals surface area contributed by atoms with Gasteiger partial charge in [-0.1, -0.05) is 12.1 Å². The first-order chi connectivity index (χ1) is 16.6. The number of benzene rings is 2. The molecule has 1 aliphatic rings. The molecule has 2 aromatic heterocycles. The molecule has 9 heteroatoms. The van der Waals surface area contributed by atoms with Gasteiger partial charge in [0, 0.05) is 24.1 Å². The highest BCUT2D eigenvalue weighted by Crippen LogP contribution is 2.23. The minimum atomic E-state index is -0.422. The average Bonchev–Trinajstić information content (AvgIpc) is 2.86. The smallest absolute Gasteiger partial charge is 0.336 e. The largest absolute Gasteiger partial charge is 0.484 e. The minimum Gasteiger partial charge on any atom is -0.484 e. The van der Waals surface area contributed by atoms with Crippen molar-refractivity contribution in [1.29, 1.82) is 0 Å². The van der Waals surface area contributed by atoms with Crippen LogP contribution in [0.5, 0.6) is 11.6 Å². The van der Waals surface area contributed by atoms with Crippen LogP contribution in [-0.4, -0.2) is 59.8 Å². The second-order valence-electron chi connectivity index (χ2n) is 8.03. The van der Waals surface area contributed by atoms with E-state index in [1.807, 2.05) is 37.3 Å². The van der Waals surface area contributed by atoms with E-state index in [1.165, 1.54) is 12.4 Å². The summed E-state index contributed by atoms with van der Waals surface area (Å²) in [7, 11) is 0. The van der Waals surface area contributed by atoms with E-state index >= 15 is 0 Å². The summed E-state index contributed by atoms with van der Waals surface area (Å²) in [5.74, 6) is 0.782. The van der Waals surface area contributed by atoms with Crippen LogP contribution in [0.3, 0.4) is 0 Å². The van der Waals surface area contributed by atoms with E-state index in [2.05, 4.69) is 9.97 Å². The number of rotatable bonds is 6. The van der Waals surface area contributed by atoms with Crippen LogP contribution in [-0.2, 0) is 9.53 Å². The van der Waals surface area contributed by atoms with Crippen LogP contribution < -0.4 is 15.1 Å². The zero-order valence-electron chi connectivity index (χ0n) is 18.6. The van der Waals surface area contributed by atoms with Gasteiger partial charge in [0.1, 0.15) is 30.4 Å². The van der Waals surface area contributed by atoms with Gasteiger partial charge in [0.15, 0.2) is 6.61 Å². The van der Waals surface area contributed by atoms with E-state index in [4.69, 9.17) is 18.6 Å². The number of para-hydroxylation sites is 1. The average molecular weight is 461 g/mol. The summed E-state index contributed by atoms with van der Waals surface area (Å²) in [5, 5.41) is 1.65. The number of hydrogen-bond donors (Lipinski definition) is 0. The van der Waals surface area contributed by atoms with E-state index in [-0.39, 0.29) is 25.2 Å². The predicted octanol–water partition coefficient (Wildman–Crippen LogP) is 2.73. The van der Waals surface area contributed by atoms with Crippen molar-refractivity contribution >= 4 is 27.8 Å². The van der Waals surface area contributed by atoms with Crippen LogP contribution in [0.25, 0.3) is 21.9 Å². The van der Waals surface area contributed by atoms with Crippen LogP contribution in [0.15, 0.2) is 64.1 Å². The number of nitrogens with zero attached hydrogens (tertiary/aromatic N) is 3. The highest BCUT2D eigenvalue weighted by atomic mass is 16.5.